The first kappa shape index (κ1) is 6.41. The largest absolute Gasteiger partial charge is 0.760 e. The summed E-state index contributed by atoms with van der Waals surface area (Å²) in [6.45, 7) is 0. The van der Waals surface area contributed by atoms with E-state index in [1.807, 2.05) is 0 Å². The third kappa shape index (κ3) is 0.911. The topological polar surface area (TPSA) is 65.5 Å². The lowest BCUT2D eigenvalue weighted by molar-refractivity contribution is 0.240. The summed E-state index contributed by atoms with van der Waals surface area (Å²) in [5.74, 6) is 0. The fourth-order valence-corrected chi connectivity index (χ4v) is 1.23. The van der Waals surface area contributed by atoms with Crippen LogP contribution in [-0.4, -0.2) is 18.5 Å². The summed E-state index contributed by atoms with van der Waals surface area (Å²) in [5, 5.41) is 8.27. The van der Waals surface area contributed by atoms with Crippen LogP contribution in [0.3, 0.4) is 0 Å². The van der Waals surface area contributed by atoms with Crippen LogP contribution in [-0.2, 0) is 12.6 Å². The van der Waals surface area contributed by atoms with Gasteiger partial charge in [0.2, 0.25) is 0 Å². The molecule has 2 aliphatic rings. The Morgan fingerprint density at radius 1 is 1.64 bits per heavy atom. The fraction of sp³-hybridized carbons (Fsp3) is 0.200. The van der Waals surface area contributed by atoms with Crippen molar-refractivity contribution in [2.24, 2.45) is 4.99 Å². The second-order valence-corrected chi connectivity index (χ2v) is 2.57. The molecule has 0 fully saturated rings. The average molecular weight is 169 g/mol. The normalized spacial score (nSPS) is 27.3. The molecule has 1 unspecified atom stereocenters. The van der Waals surface area contributed by atoms with E-state index in [0.29, 0.717) is 5.03 Å². The van der Waals surface area contributed by atoms with Gasteiger partial charge in [0.05, 0.1) is 12.0 Å². The van der Waals surface area contributed by atoms with Gasteiger partial charge in [-0.15, -0.1) is 0 Å². The first-order chi connectivity index (χ1) is 5.27. The zero-order valence-corrected chi connectivity index (χ0v) is 6.23. The number of aliphatic imine (C=N–C) groups is 1. The molecule has 0 radical (unpaired) electrons. The van der Waals surface area contributed by atoms with Gasteiger partial charge in [0, 0.05) is 0 Å². The van der Waals surface area contributed by atoms with Crippen molar-refractivity contribution in [2.45, 2.75) is 6.17 Å². The van der Waals surface area contributed by atoms with E-state index in [2.05, 4.69) is 20.9 Å². The number of amides is 2. The Labute approximate surface area is 68.4 Å². The summed E-state index contributed by atoms with van der Waals surface area (Å²) in [5.41, 5.74) is 0.736. The lowest BCUT2D eigenvalue weighted by Gasteiger charge is -2.27. The van der Waals surface area contributed by atoms with E-state index in [4.69, 9.17) is 12.6 Å². The molecule has 0 spiro atoms. The fourth-order valence-electron chi connectivity index (χ4n) is 0.965. The molecule has 2 heterocycles. The molecule has 0 bridgehead atoms. The summed E-state index contributed by atoms with van der Waals surface area (Å²) in [4.78, 5) is 14.7. The van der Waals surface area contributed by atoms with Crippen LogP contribution in [0.15, 0.2) is 15.7 Å². The Morgan fingerprint density at radius 3 is 3.27 bits per heavy atom. The number of nitrogens with one attached hydrogen (secondary N) is 3. The van der Waals surface area contributed by atoms with Crippen LogP contribution in [0.5, 0.6) is 0 Å². The lowest BCUT2D eigenvalue weighted by atomic mass is 10.3. The maximum absolute atomic E-state index is 10.8. The highest BCUT2D eigenvalue weighted by atomic mass is 32.1. The quantitative estimate of drug-likeness (QED) is 0.406. The maximum atomic E-state index is 10.8. The van der Waals surface area contributed by atoms with Crippen LogP contribution in [0.1, 0.15) is 0 Å². The predicted octanol–water partition coefficient (Wildman–Crippen LogP) is -1.03. The standard InChI is InChI=1S/C5H6N4OS/c10-5-8-3-2(4(11)9-5)6-1-7-3/h1,3,11H,(H,6,7)(H2,8,9,10)/p-1. The van der Waals surface area contributed by atoms with Crippen LogP contribution < -0.4 is 16.0 Å². The molecule has 2 amide bonds. The molecule has 0 aromatic carbocycles. The summed E-state index contributed by atoms with van der Waals surface area (Å²) in [6, 6.07) is -0.301. The molecule has 3 N–H and O–H groups in total. The molecule has 0 saturated heterocycles. The number of urea groups is 1. The molecule has 6 heteroatoms. The van der Waals surface area contributed by atoms with E-state index < -0.39 is 0 Å². The van der Waals surface area contributed by atoms with Gasteiger partial charge >= 0.3 is 6.03 Å². The molecule has 0 saturated carbocycles. The number of hydrogen-bond acceptors (Lipinski definition) is 4. The number of nitrogens with zero attached hydrogens (tertiary/aromatic N) is 1. The molecule has 1 atom stereocenters. The van der Waals surface area contributed by atoms with Crippen molar-refractivity contribution in [2.75, 3.05) is 0 Å². The number of carbonyl (C=O) groups excluding carboxylic acids is 1. The SMILES string of the molecule is O=C1NC([S-])=C2NC=NC2N1. The van der Waals surface area contributed by atoms with E-state index in [0.717, 1.165) is 5.70 Å². The Hall–Kier alpha value is -1.30. The Kier molecular flexibility index (Phi) is 1.22. The predicted molar refractivity (Wildman–Crippen MR) is 41.5 cm³/mol. The smallest absolute Gasteiger partial charge is 0.319 e. The van der Waals surface area contributed by atoms with Gasteiger partial charge in [-0.2, -0.15) is 0 Å². The molecule has 5 nitrogen and oxygen atoms in total. The monoisotopic (exact) mass is 169 g/mol. The van der Waals surface area contributed by atoms with Crippen LogP contribution in [0, 0.1) is 0 Å². The molecule has 0 aromatic rings. The van der Waals surface area contributed by atoms with Gasteiger partial charge in [-0.05, 0) is 0 Å². The highest BCUT2D eigenvalue weighted by molar-refractivity contribution is 7.63. The zero-order chi connectivity index (χ0) is 7.84. The third-order valence-electron chi connectivity index (χ3n) is 1.46. The summed E-state index contributed by atoms with van der Waals surface area (Å²) in [7, 11) is 0. The van der Waals surface area contributed by atoms with Crippen LogP contribution in [0.25, 0.3) is 0 Å². The Bertz CT molecular complexity index is 272. The summed E-state index contributed by atoms with van der Waals surface area (Å²) in [6.07, 6.45) is 1.20. The van der Waals surface area contributed by atoms with Gasteiger partial charge in [0.1, 0.15) is 0 Å². The molecule has 2 rings (SSSR count). The molecule has 0 aromatic heterocycles. The summed E-state index contributed by atoms with van der Waals surface area (Å²) >= 11 is 4.87. The van der Waals surface area contributed by atoms with Crippen molar-refractivity contribution in [3.8, 4) is 0 Å². The van der Waals surface area contributed by atoms with Gasteiger partial charge in [0.25, 0.3) is 0 Å². The van der Waals surface area contributed by atoms with Crippen molar-refractivity contribution in [1.82, 2.24) is 16.0 Å². The molecule has 58 valence electrons. The Balaban J connectivity index is 2.35. The third-order valence-corrected chi connectivity index (χ3v) is 1.78. The summed E-state index contributed by atoms with van der Waals surface area (Å²) < 4.78 is 0. The number of fused-ring (bicyclic) bond motifs is 1. The molecular formula is C5H5N4OS-. The van der Waals surface area contributed by atoms with Crippen LogP contribution >= 0.6 is 0 Å². The second-order valence-electron chi connectivity index (χ2n) is 2.17. The number of rotatable bonds is 0. The van der Waals surface area contributed by atoms with Crippen molar-refractivity contribution < 1.29 is 4.79 Å². The van der Waals surface area contributed by atoms with Gasteiger partial charge in [-0.25, -0.2) is 9.79 Å². The minimum absolute atomic E-state index is 0.301. The van der Waals surface area contributed by atoms with Gasteiger partial charge in [-0.3, -0.25) is 0 Å². The van der Waals surface area contributed by atoms with E-state index in [9.17, 15) is 4.79 Å². The first-order valence-electron chi connectivity index (χ1n) is 3.04. The van der Waals surface area contributed by atoms with E-state index >= 15 is 0 Å². The average Bonchev–Trinajstić information content (AvgIpc) is 2.34. The van der Waals surface area contributed by atoms with E-state index in [-0.39, 0.29) is 12.2 Å². The van der Waals surface area contributed by atoms with Crippen molar-refractivity contribution in [3.63, 3.8) is 0 Å². The lowest BCUT2D eigenvalue weighted by Crippen LogP contribution is -2.47. The van der Waals surface area contributed by atoms with Crippen molar-refractivity contribution in [1.29, 1.82) is 0 Å². The molecular weight excluding hydrogens is 164 g/mol. The highest BCUT2D eigenvalue weighted by Crippen LogP contribution is 2.11. The first-order valence-corrected chi connectivity index (χ1v) is 3.45. The van der Waals surface area contributed by atoms with Crippen LogP contribution in [0.2, 0.25) is 0 Å². The van der Waals surface area contributed by atoms with Gasteiger partial charge in [0.15, 0.2) is 6.17 Å². The number of carbonyl (C=O) groups is 1. The number of hydrogen-bond donors (Lipinski definition) is 3. The highest BCUT2D eigenvalue weighted by Gasteiger charge is 2.23. The van der Waals surface area contributed by atoms with E-state index in [1.54, 1.807) is 0 Å². The molecule has 11 heavy (non-hydrogen) atoms. The van der Waals surface area contributed by atoms with Gasteiger partial charge in [-0.1, -0.05) is 5.03 Å². The van der Waals surface area contributed by atoms with E-state index in [1.165, 1.54) is 6.34 Å². The van der Waals surface area contributed by atoms with Crippen molar-refractivity contribution >= 4 is 25.0 Å². The minimum atomic E-state index is -0.309. The maximum Gasteiger partial charge on any atom is 0.319 e. The van der Waals surface area contributed by atoms with Crippen LogP contribution in [0.4, 0.5) is 4.79 Å². The molecule has 0 aliphatic carbocycles. The zero-order valence-electron chi connectivity index (χ0n) is 5.42. The Morgan fingerprint density at radius 2 is 2.45 bits per heavy atom. The molecule has 2 aliphatic heterocycles. The second kappa shape index (κ2) is 2.09. The van der Waals surface area contributed by atoms with Gasteiger partial charge < -0.3 is 28.6 Å². The minimum Gasteiger partial charge on any atom is -0.760 e. The van der Waals surface area contributed by atoms with Crippen molar-refractivity contribution in [3.05, 3.63) is 10.7 Å².